The molecule has 0 aliphatic rings. The lowest BCUT2D eigenvalue weighted by molar-refractivity contribution is -0.385. The fraction of sp³-hybridized carbons (Fsp3) is 0.0909. The summed E-state index contributed by atoms with van der Waals surface area (Å²) in [6.45, 7) is 1.77. The number of nitrogens with zero attached hydrogens (tertiary/aromatic N) is 3. The van der Waals surface area contributed by atoms with Gasteiger partial charge in [-0.25, -0.2) is 4.98 Å². The van der Waals surface area contributed by atoms with Crippen molar-refractivity contribution >= 4 is 23.3 Å². The lowest BCUT2D eigenvalue weighted by Gasteiger charge is -2.06. The highest BCUT2D eigenvalue weighted by Crippen LogP contribution is 2.32. The molecule has 0 saturated heterocycles. The third kappa shape index (κ3) is 2.72. The van der Waals surface area contributed by atoms with Crippen LogP contribution in [0.15, 0.2) is 44.1 Å². The van der Waals surface area contributed by atoms with E-state index in [1.807, 2.05) is 0 Å². The summed E-state index contributed by atoms with van der Waals surface area (Å²) in [4.78, 5) is 14.9. The Kier molecular flexibility index (Phi) is 3.89. The fourth-order valence-corrected chi connectivity index (χ4v) is 2.35. The van der Waals surface area contributed by atoms with Gasteiger partial charge in [0.25, 0.3) is 5.69 Å². The predicted octanol–water partition coefficient (Wildman–Crippen LogP) is 2.14. The molecule has 0 radical (unpaired) electrons. The normalized spacial score (nSPS) is 11.6. The first kappa shape index (κ1) is 13.9. The van der Waals surface area contributed by atoms with E-state index in [0.29, 0.717) is 10.8 Å². The third-order valence-corrected chi connectivity index (χ3v) is 3.61. The minimum Gasteiger partial charge on any atom is -0.468 e. The monoisotopic (exact) mass is 294 g/mol. The van der Waals surface area contributed by atoms with Crippen molar-refractivity contribution in [2.24, 2.45) is 10.9 Å². The van der Waals surface area contributed by atoms with Crippen molar-refractivity contribution in [3.05, 3.63) is 46.0 Å². The molecule has 0 bridgehead atoms. The second kappa shape index (κ2) is 5.61. The predicted molar refractivity (Wildman–Crippen MR) is 71.0 cm³/mol. The minimum absolute atomic E-state index is 0.187. The summed E-state index contributed by atoms with van der Waals surface area (Å²) in [6, 6.07) is 2.94. The third-order valence-electron chi connectivity index (χ3n) is 2.45. The van der Waals surface area contributed by atoms with Gasteiger partial charge in [-0.15, -0.1) is 0 Å². The van der Waals surface area contributed by atoms with Gasteiger partial charge >= 0.3 is 0 Å². The van der Waals surface area contributed by atoms with E-state index >= 15 is 0 Å². The van der Waals surface area contributed by atoms with Crippen LogP contribution in [0, 0.1) is 17.0 Å². The molecule has 0 spiro atoms. The van der Waals surface area contributed by atoms with Crippen LogP contribution in [0.25, 0.3) is 0 Å². The molecule has 9 heteroatoms. The number of rotatable bonds is 4. The van der Waals surface area contributed by atoms with E-state index in [2.05, 4.69) is 10.1 Å². The molecule has 0 aromatic carbocycles. The van der Waals surface area contributed by atoms with Crippen molar-refractivity contribution in [2.75, 3.05) is 0 Å². The molecule has 20 heavy (non-hydrogen) atoms. The number of amidine groups is 1. The van der Waals surface area contributed by atoms with Gasteiger partial charge in [0.2, 0.25) is 0 Å². The fourth-order valence-electron chi connectivity index (χ4n) is 1.44. The number of nitro groups is 1. The summed E-state index contributed by atoms with van der Waals surface area (Å²) >= 11 is 1.21. The van der Waals surface area contributed by atoms with Gasteiger partial charge in [0, 0.05) is 6.07 Å². The van der Waals surface area contributed by atoms with Crippen molar-refractivity contribution in [1.82, 2.24) is 4.98 Å². The average Bonchev–Trinajstić information content (AvgIpc) is 2.83. The average molecular weight is 294 g/mol. The van der Waals surface area contributed by atoms with Gasteiger partial charge < -0.3 is 15.4 Å². The number of aryl methyl sites for hydroxylation is 1. The van der Waals surface area contributed by atoms with Crippen molar-refractivity contribution in [1.29, 1.82) is 0 Å². The molecule has 104 valence electrons. The molecule has 2 heterocycles. The smallest absolute Gasteiger partial charge is 0.288 e. The van der Waals surface area contributed by atoms with Crippen LogP contribution in [0.2, 0.25) is 0 Å². The van der Waals surface area contributed by atoms with Gasteiger partial charge in [0.15, 0.2) is 5.84 Å². The van der Waals surface area contributed by atoms with Crippen LogP contribution < -0.4 is 5.73 Å². The quantitative estimate of drug-likeness (QED) is 0.290. The summed E-state index contributed by atoms with van der Waals surface area (Å²) < 4.78 is 5.16. The lowest BCUT2D eigenvalue weighted by Crippen LogP contribution is -2.15. The summed E-state index contributed by atoms with van der Waals surface area (Å²) in [5, 5.41) is 22.8. The first-order chi connectivity index (χ1) is 9.52. The zero-order valence-corrected chi connectivity index (χ0v) is 11.1. The van der Waals surface area contributed by atoms with Crippen LogP contribution in [0.4, 0.5) is 5.69 Å². The molecule has 0 saturated carbocycles. The molecule has 0 unspecified atom stereocenters. The molecule has 2 rings (SSSR count). The number of aromatic nitrogens is 1. The summed E-state index contributed by atoms with van der Waals surface area (Å²) in [5.41, 5.74) is 5.48. The molecule has 0 aliphatic carbocycles. The molecule has 8 nitrogen and oxygen atoms in total. The summed E-state index contributed by atoms with van der Waals surface area (Å²) in [6.07, 6.45) is 2.64. The lowest BCUT2D eigenvalue weighted by atomic mass is 10.2. The standard InChI is InChI=1S/C11H10N4O4S/c1-6-9(2-3-19-6)20-11-8(10(12)14-16)4-7(5-13-11)15(17)18/h2-5,16H,1H3,(H2,12,14). The van der Waals surface area contributed by atoms with Gasteiger partial charge in [0.05, 0.1) is 21.6 Å². The Morgan fingerprint density at radius 1 is 1.65 bits per heavy atom. The van der Waals surface area contributed by atoms with E-state index < -0.39 is 4.92 Å². The number of hydrogen-bond acceptors (Lipinski definition) is 7. The Morgan fingerprint density at radius 3 is 2.95 bits per heavy atom. The van der Waals surface area contributed by atoms with Crippen molar-refractivity contribution in [2.45, 2.75) is 16.8 Å². The second-order valence-electron chi connectivity index (χ2n) is 3.73. The Morgan fingerprint density at radius 2 is 2.40 bits per heavy atom. The van der Waals surface area contributed by atoms with Crippen LogP contribution in [0.5, 0.6) is 0 Å². The van der Waals surface area contributed by atoms with E-state index in [4.69, 9.17) is 15.4 Å². The van der Waals surface area contributed by atoms with Crippen LogP contribution in [0.3, 0.4) is 0 Å². The first-order valence-electron chi connectivity index (χ1n) is 5.37. The van der Waals surface area contributed by atoms with Gasteiger partial charge in [-0.1, -0.05) is 16.9 Å². The zero-order valence-electron chi connectivity index (χ0n) is 10.3. The Hall–Kier alpha value is -2.55. The molecular formula is C11H10N4O4S. The molecule has 2 aromatic rings. The second-order valence-corrected chi connectivity index (χ2v) is 4.76. The van der Waals surface area contributed by atoms with E-state index in [9.17, 15) is 10.1 Å². The van der Waals surface area contributed by atoms with E-state index in [1.165, 1.54) is 24.1 Å². The molecule has 2 aromatic heterocycles. The van der Waals surface area contributed by atoms with Crippen LogP contribution in [-0.2, 0) is 0 Å². The van der Waals surface area contributed by atoms with Gasteiger partial charge in [0.1, 0.15) is 17.0 Å². The van der Waals surface area contributed by atoms with Crippen LogP contribution in [0.1, 0.15) is 11.3 Å². The Labute approximate surface area is 117 Å². The van der Waals surface area contributed by atoms with Gasteiger partial charge in [-0.05, 0) is 13.0 Å². The van der Waals surface area contributed by atoms with E-state index in [1.54, 1.807) is 13.0 Å². The first-order valence-corrected chi connectivity index (χ1v) is 6.19. The van der Waals surface area contributed by atoms with Crippen molar-refractivity contribution in [3.63, 3.8) is 0 Å². The maximum Gasteiger partial charge on any atom is 0.288 e. The number of nitrogens with two attached hydrogens (primary N) is 1. The maximum atomic E-state index is 10.7. The van der Waals surface area contributed by atoms with E-state index in [-0.39, 0.29) is 17.1 Å². The van der Waals surface area contributed by atoms with Crippen LogP contribution >= 0.6 is 11.8 Å². The topological polar surface area (TPSA) is 128 Å². The number of pyridine rings is 1. The highest BCUT2D eigenvalue weighted by molar-refractivity contribution is 7.99. The number of furan rings is 1. The number of hydrogen-bond donors (Lipinski definition) is 2. The minimum atomic E-state index is -0.599. The molecule has 3 N–H and O–H groups in total. The van der Waals surface area contributed by atoms with Crippen molar-refractivity contribution in [3.8, 4) is 0 Å². The Balaban J connectivity index is 2.47. The van der Waals surface area contributed by atoms with Crippen molar-refractivity contribution < 1.29 is 14.5 Å². The Bertz CT molecular complexity index is 683. The van der Waals surface area contributed by atoms with Gasteiger partial charge in [-0.3, -0.25) is 10.1 Å². The SMILES string of the molecule is Cc1occc1Sc1ncc([N+](=O)[O-])cc1/C(N)=N/O. The van der Waals surface area contributed by atoms with E-state index in [0.717, 1.165) is 11.1 Å². The number of oxime groups is 1. The van der Waals surface area contributed by atoms with Gasteiger partial charge in [-0.2, -0.15) is 0 Å². The molecule has 0 atom stereocenters. The summed E-state index contributed by atoms with van der Waals surface area (Å²) in [5.74, 6) is 0.436. The molecule has 0 aliphatic heterocycles. The highest BCUT2D eigenvalue weighted by atomic mass is 32.2. The zero-order chi connectivity index (χ0) is 14.7. The summed E-state index contributed by atoms with van der Waals surface area (Å²) in [7, 11) is 0. The molecule has 0 fully saturated rings. The van der Waals surface area contributed by atoms with Crippen LogP contribution in [-0.4, -0.2) is 21.0 Å². The maximum absolute atomic E-state index is 10.7. The highest BCUT2D eigenvalue weighted by Gasteiger charge is 2.17. The molecule has 0 amide bonds. The molecular weight excluding hydrogens is 284 g/mol. The largest absolute Gasteiger partial charge is 0.468 e.